The summed E-state index contributed by atoms with van der Waals surface area (Å²) in [6.45, 7) is 4.35. The molecule has 0 N–H and O–H groups in total. The van der Waals surface area contributed by atoms with Crippen molar-refractivity contribution in [2.45, 2.75) is 13.8 Å². The number of aromatic nitrogens is 3. The molecule has 0 spiro atoms. The van der Waals surface area contributed by atoms with Gasteiger partial charge in [0.2, 0.25) is 0 Å². The molecule has 0 aliphatic carbocycles. The SMILES string of the molecule is Cc1cccc(-c2ccc3cc(-n4c5ccccc5c5ccccc54)ccc3c2)c1-c1nc(-c2ccccc2)nc(-c2ccc(-c3ccccc3)cc2)c1C. The van der Waals surface area contributed by atoms with Crippen molar-refractivity contribution in [1.82, 2.24) is 14.5 Å². The minimum absolute atomic E-state index is 0.716. The zero-order chi connectivity index (χ0) is 36.9. The number of hydrogen-bond donors (Lipinski definition) is 0. The Kier molecular flexibility index (Phi) is 7.92. The van der Waals surface area contributed by atoms with Crippen LogP contribution in [0.25, 0.3) is 94.4 Å². The van der Waals surface area contributed by atoms with Crippen LogP contribution in [0.3, 0.4) is 0 Å². The first kappa shape index (κ1) is 32.5. The second kappa shape index (κ2) is 13.4. The molecule has 10 rings (SSSR count). The highest BCUT2D eigenvalue weighted by molar-refractivity contribution is 6.09. The molecule has 2 aromatic heterocycles. The second-order valence-corrected chi connectivity index (χ2v) is 14.3. The normalized spacial score (nSPS) is 11.5. The minimum atomic E-state index is 0.716. The maximum absolute atomic E-state index is 5.35. The van der Waals surface area contributed by atoms with Crippen molar-refractivity contribution in [3.05, 3.63) is 199 Å². The van der Waals surface area contributed by atoms with Crippen LogP contribution in [0, 0.1) is 13.8 Å². The third kappa shape index (κ3) is 5.69. The fourth-order valence-electron chi connectivity index (χ4n) is 8.17. The predicted molar refractivity (Wildman–Crippen MR) is 231 cm³/mol. The smallest absolute Gasteiger partial charge is 0.160 e. The van der Waals surface area contributed by atoms with Gasteiger partial charge in [-0.3, -0.25) is 0 Å². The van der Waals surface area contributed by atoms with Crippen molar-refractivity contribution in [3.63, 3.8) is 0 Å². The van der Waals surface area contributed by atoms with Crippen molar-refractivity contribution >= 4 is 32.6 Å². The molecule has 0 radical (unpaired) electrons. The van der Waals surface area contributed by atoms with E-state index in [1.807, 2.05) is 18.2 Å². The van der Waals surface area contributed by atoms with E-state index in [0.717, 1.165) is 50.5 Å². The predicted octanol–water partition coefficient (Wildman–Crippen LogP) is 13.7. The van der Waals surface area contributed by atoms with Gasteiger partial charge in [0.1, 0.15) is 0 Å². The molecule has 0 unspecified atom stereocenters. The van der Waals surface area contributed by atoms with Gasteiger partial charge in [-0.1, -0.05) is 158 Å². The van der Waals surface area contributed by atoms with E-state index >= 15 is 0 Å². The summed E-state index contributed by atoms with van der Waals surface area (Å²) in [6.07, 6.45) is 0. The van der Waals surface area contributed by atoms with Gasteiger partial charge in [0.05, 0.1) is 22.4 Å². The Morgan fingerprint density at radius 1 is 0.400 bits per heavy atom. The highest BCUT2D eigenvalue weighted by Gasteiger charge is 2.20. The third-order valence-corrected chi connectivity index (χ3v) is 10.9. The van der Waals surface area contributed by atoms with Gasteiger partial charge in [-0.15, -0.1) is 0 Å². The van der Waals surface area contributed by atoms with E-state index in [4.69, 9.17) is 9.97 Å². The topological polar surface area (TPSA) is 30.7 Å². The number of hydrogen-bond acceptors (Lipinski definition) is 2. The van der Waals surface area contributed by atoms with Crippen molar-refractivity contribution < 1.29 is 0 Å². The maximum Gasteiger partial charge on any atom is 0.160 e. The van der Waals surface area contributed by atoms with Crippen molar-refractivity contribution in [3.8, 4) is 61.8 Å². The third-order valence-electron chi connectivity index (χ3n) is 10.9. The first-order chi connectivity index (χ1) is 27.1. The molecule has 0 aliphatic heterocycles. The highest BCUT2D eigenvalue weighted by Crippen LogP contribution is 2.41. The first-order valence-corrected chi connectivity index (χ1v) is 18.8. The molecule has 260 valence electrons. The number of benzene rings is 8. The molecular weight excluding hydrogens is 667 g/mol. The van der Waals surface area contributed by atoms with Crippen LogP contribution in [-0.4, -0.2) is 14.5 Å². The summed E-state index contributed by atoms with van der Waals surface area (Å²) >= 11 is 0. The molecule has 0 aliphatic rings. The van der Waals surface area contributed by atoms with Crippen LogP contribution >= 0.6 is 0 Å². The second-order valence-electron chi connectivity index (χ2n) is 14.3. The van der Waals surface area contributed by atoms with Crippen molar-refractivity contribution in [1.29, 1.82) is 0 Å². The summed E-state index contributed by atoms with van der Waals surface area (Å²) < 4.78 is 2.38. The molecule has 3 nitrogen and oxygen atoms in total. The molecule has 0 amide bonds. The van der Waals surface area contributed by atoms with E-state index in [-0.39, 0.29) is 0 Å². The molecule has 0 bridgehead atoms. The van der Waals surface area contributed by atoms with E-state index in [2.05, 4.69) is 188 Å². The lowest BCUT2D eigenvalue weighted by molar-refractivity contribution is 1.14. The molecule has 10 aromatic rings. The van der Waals surface area contributed by atoms with Crippen molar-refractivity contribution in [2.75, 3.05) is 0 Å². The molecule has 8 aromatic carbocycles. The molecule has 3 heteroatoms. The van der Waals surface area contributed by atoms with Gasteiger partial charge < -0.3 is 4.57 Å². The summed E-state index contributed by atoms with van der Waals surface area (Å²) in [6, 6.07) is 67.1. The van der Waals surface area contributed by atoms with Crippen LogP contribution in [0.4, 0.5) is 0 Å². The van der Waals surface area contributed by atoms with E-state index in [1.54, 1.807) is 0 Å². The van der Waals surface area contributed by atoms with Crippen molar-refractivity contribution in [2.24, 2.45) is 0 Å². The van der Waals surface area contributed by atoms with Gasteiger partial charge in [0.25, 0.3) is 0 Å². The van der Waals surface area contributed by atoms with E-state index in [0.29, 0.717) is 5.82 Å². The van der Waals surface area contributed by atoms with Crippen LogP contribution < -0.4 is 0 Å². The zero-order valence-corrected chi connectivity index (χ0v) is 30.7. The fourth-order valence-corrected chi connectivity index (χ4v) is 8.17. The lowest BCUT2D eigenvalue weighted by atomic mass is 9.89. The lowest BCUT2D eigenvalue weighted by Gasteiger charge is -2.19. The van der Waals surface area contributed by atoms with Gasteiger partial charge in [-0.05, 0) is 82.8 Å². The maximum atomic E-state index is 5.35. The molecule has 0 fully saturated rings. The van der Waals surface area contributed by atoms with E-state index in [1.165, 1.54) is 49.3 Å². The first-order valence-electron chi connectivity index (χ1n) is 18.8. The Labute approximate surface area is 320 Å². The Bertz CT molecular complexity index is 2980. The highest BCUT2D eigenvalue weighted by atomic mass is 15.0. The monoisotopic (exact) mass is 703 g/mol. The van der Waals surface area contributed by atoms with E-state index < -0.39 is 0 Å². The quantitative estimate of drug-likeness (QED) is 0.173. The molecule has 0 atom stereocenters. The van der Waals surface area contributed by atoms with Gasteiger partial charge >= 0.3 is 0 Å². The Morgan fingerprint density at radius 3 is 1.65 bits per heavy atom. The van der Waals surface area contributed by atoms with E-state index in [9.17, 15) is 0 Å². The zero-order valence-electron chi connectivity index (χ0n) is 30.7. The largest absolute Gasteiger partial charge is 0.309 e. The summed E-state index contributed by atoms with van der Waals surface area (Å²) in [5, 5.41) is 4.92. The van der Waals surface area contributed by atoms with Crippen LogP contribution in [0.15, 0.2) is 188 Å². The summed E-state index contributed by atoms with van der Waals surface area (Å²) in [5.74, 6) is 0.716. The fraction of sp³-hybridized carbons (Fsp3) is 0.0385. The lowest BCUT2D eigenvalue weighted by Crippen LogP contribution is -2.02. The van der Waals surface area contributed by atoms with Gasteiger partial charge in [0.15, 0.2) is 5.82 Å². The van der Waals surface area contributed by atoms with Gasteiger partial charge in [-0.2, -0.15) is 0 Å². The number of aryl methyl sites for hydroxylation is 1. The Morgan fingerprint density at radius 2 is 0.945 bits per heavy atom. The van der Waals surface area contributed by atoms with Crippen LogP contribution in [-0.2, 0) is 0 Å². The summed E-state index contributed by atoms with van der Waals surface area (Å²) in [5.41, 5.74) is 15.6. The molecule has 0 saturated carbocycles. The molecular formula is C52H37N3. The van der Waals surface area contributed by atoms with Gasteiger partial charge in [-0.25, -0.2) is 9.97 Å². The van der Waals surface area contributed by atoms with Gasteiger partial charge in [0, 0.05) is 38.7 Å². The average Bonchev–Trinajstić information content (AvgIpc) is 3.58. The average molecular weight is 704 g/mol. The number of fused-ring (bicyclic) bond motifs is 4. The molecule has 0 saturated heterocycles. The van der Waals surface area contributed by atoms with Crippen LogP contribution in [0.5, 0.6) is 0 Å². The summed E-state index contributed by atoms with van der Waals surface area (Å²) in [4.78, 5) is 10.6. The molecule has 55 heavy (non-hydrogen) atoms. The van der Waals surface area contributed by atoms with Crippen LogP contribution in [0.2, 0.25) is 0 Å². The molecule has 2 heterocycles. The minimum Gasteiger partial charge on any atom is -0.309 e. The Hall–Kier alpha value is -7.10. The standard InChI is InChI=1S/C52H37N3/c1-34-14-13-21-44(42-29-28-41-33-43(31-30-40(41)32-42)55-47-22-11-9-19-45(47)46-20-10-12-23-48(46)55)49(34)51-35(2)50(53-52(54-51)39-17-7-4-8-18-39)38-26-24-37(25-27-38)36-15-5-3-6-16-36/h3-33H,1-2H3. The number of nitrogens with zero attached hydrogens (tertiary/aromatic N) is 3. The summed E-state index contributed by atoms with van der Waals surface area (Å²) in [7, 11) is 0. The van der Waals surface area contributed by atoms with Crippen LogP contribution in [0.1, 0.15) is 11.1 Å². The Balaban J connectivity index is 1.10. The number of para-hydroxylation sites is 2. The number of rotatable bonds is 6.